The number of ether oxygens (including phenoxy) is 1. The second-order valence-electron chi connectivity index (χ2n) is 8.03. The SMILES string of the molecule is Cc1ccc(C#N)c(N2C[C@@H]3[C@H](CNC(=O)c4ccco4)[C@H]4CC[C@]3(C2)O4)n1. The maximum Gasteiger partial charge on any atom is 0.286 e. The molecule has 1 spiro atoms. The topological polar surface area (TPSA) is 91.4 Å². The first kappa shape index (κ1) is 17.3. The van der Waals surface area contributed by atoms with Gasteiger partial charge in [-0.25, -0.2) is 4.98 Å². The number of pyridine rings is 1. The van der Waals surface area contributed by atoms with E-state index in [1.807, 2.05) is 19.1 Å². The zero-order valence-corrected chi connectivity index (χ0v) is 15.7. The Labute approximate surface area is 163 Å². The molecule has 3 aliphatic heterocycles. The Morgan fingerprint density at radius 1 is 1.46 bits per heavy atom. The van der Waals surface area contributed by atoms with Crippen LogP contribution in [0.1, 0.15) is 34.7 Å². The lowest BCUT2D eigenvalue weighted by Crippen LogP contribution is -2.41. The second-order valence-corrected chi connectivity index (χ2v) is 8.03. The van der Waals surface area contributed by atoms with Crippen LogP contribution in [0, 0.1) is 30.1 Å². The number of fused-ring (bicyclic) bond motifs is 1. The fraction of sp³-hybridized carbons (Fsp3) is 0.476. The average molecular weight is 378 g/mol. The van der Waals surface area contributed by atoms with Gasteiger partial charge in [0, 0.05) is 37.2 Å². The van der Waals surface area contributed by atoms with Crippen molar-refractivity contribution >= 4 is 11.7 Å². The first-order valence-corrected chi connectivity index (χ1v) is 9.72. The molecule has 0 radical (unpaired) electrons. The van der Waals surface area contributed by atoms with Gasteiger partial charge in [-0.05, 0) is 44.0 Å². The highest BCUT2D eigenvalue weighted by Crippen LogP contribution is 2.55. The van der Waals surface area contributed by atoms with Crippen LogP contribution < -0.4 is 10.2 Å². The van der Waals surface area contributed by atoms with E-state index in [1.165, 1.54) is 6.26 Å². The highest BCUT2D eigenvalue weighted by molar-refractivity contribution is 5.91. The highest BCUT2D eigenvalue weighted by Gasteiger charge is 2.63. The molecule has 5 rings (SSSR count). The first-order chi connectivity index (χ1) is 13.6. The number of aryl methyl sites for hydroxylation is 1. The van der Waals surface area contributed by atoms with Crippen molar-refractivity contribution < 1.29 is 13.9 Å². The first-order valence-electron chi connectivity index (χ1n) is 9.72. The molecule has 3 aliphatic rings. The van der Waals surface area contributed by atoms with Gasteiger partial charge in [-0.1, -0.05) is 0 Å². The third-order valence-corrected chi connectivity index (χ3v) is 6.46. The summed E-state index contributed by atoms with van der Waals surface area (Å²) in [5.74, 6) is 1.46. The number of hydrogen-bond acceptors (Lipinski definition) is 6. The van der Waals surface area contributed by atoms with Gasteiger partial charge < -0.3 is 19.4 Å². The largest absolute Gasteiger partial charge is 0.459 e. The smallest absolute Gasteiger partial charge is 0.286 e. The minimum absolute atomic E-state index is 0.185. The maximum atomic E-state index is 12.3. The van der Waals surface area contributed by atoms with E-state index < -0.39 is 0 Å². The number of anilines is 1. The lowest BCUT2D eigenvalue weighted by Gasteiger charge is -2.29. The van der Waals surface area contributed by atoms with E-state index >= 15 is 0 Å². The summed E-state index contributed by atoms with van der Waals surface area (Å²) in [6, 6.07) is 9.34. The summed E-state index contributed by atoms with van der Waals surface area (Å²) in [7, 11) is 0. The summed E-state index contributed by atoms with van der Waals surface area (Å²) in [6.07, 6.45) is 3.72. The van der Waals surface area contributed by atoms with Crippen molar-refractivity contribution in [3.05, 3.63) is 47.5 Å². The van der Waals surface area contributed by atoms with E-state index in [0.29, 0.717) is 23.8 Å². The molecule has 2 aromatic heterocycles. The Morgan fingerprint density at radius 3 is 3.14 bits per heavy atom. The molecule has 7 heteroatoms. The molecule has 4 atom stereocenters. The Hall–Kier alpha value is -2.85. The van der Waals surface area contributed by atoms with Crippen molar-refractivity contribution in [2.45, 2.75) is 31.5 Å². The number of rotatable bonds is 4. The quantitative estimate of drug-likeness (QED) is 0.878. The average Bonchev–Trinajstić information content (AvgIpc) is 3.46. The summed E-state index contributed by atoms with van der Waals surface area (Å²) < 4.78 is 11.6. The summed E-state index contributed by atoms with van der Waals surface area (Å²) in [6.45, 7) is 4.05. The Balaban J connectivity index is 1.35. The summed E-state index contributed by atoms with van der Waals surface area (Å²) in [5, 5.41) is 12.5. The zero-order chi connectivity index (χ0) is 19.3. The molecule has 0 aliphatic carbocycles. The number of aromatic nitrogens is 1. The summed E-state index contributed by atoms with van der Waals surface area (Å²) >= 11 is 0. The van der Waals surface area contributed by atoms with Gasteiger partial charge in [-0.3, -0.25) is 4.79 Å². The third kappa shape index (κ3) is 2.60. The van der Waals surface area contributed by atoms with Crippen LogP contribution in [0.5, 0.6) is 0 Å². The van der Waals surface area contributed by atoms with Crippen molar-refractivity contribution in [1.29, 1.82) is 5.26 Å². The van der Waals surface area contributed by atoms with Gasteiger partial charge in [-0.15, -0.1) is 0 Å². The van der Waals surface area contributed by atoms with Gasteiger partial charge in [-0.2, -0.15) is 5.26 Å². The van der Waals surface area contributed by atoms with Crippen LogP contribution in [0.2, 0.25) is 0 Å². The minimum Gasteiger partial charge on any atom is -0.459 e. The van der Waals surface area contributed by atoms with E-state index in [0.717, 1.165) is 37.4 Å². The maximum absolute atomic E-state index is 12.3. The number of carbonyl (C=O) groups excluding carboxylic acids is 1. The van der Waals surface area contributed by atoms with Crippen LogP contribution in [0.15, 0.2) is 34.9 Å². The fourth-order valence-electron chi connectivity index (χ4n) is 5.20. The predicted octanol–water partition coefficient (Wildman–Crippen LogP) is 2.27. The summed E-state index contributed by atoms with van der Waals surface area (Å²) in [4.78, 5) is 19.1. The number of nitrogens with one attached hydrogen (secondary N) is 1. The molecule has 1 amide bonds. The van der Waals surface area contributed by atoms with Crippen LogP contribution in [0.25, 0.3) is 0 Å². The van der Waals surface area contributed by atoms with E-state index in [1.54, 1.807) is 12.1 Å². The molecular weight excluding hydrogens is 356 g/mol. The second kappa shape index (κ2) is 6.35. The van der Waals surface area contributed by atoms with Gasteiger partial charge in [0.15, 0.2) is 5.76 Å². The normalized spacial score (nSPS) is 30.3. The number of hydrogen-bond donors (Lipinski definition) is 1. The van der Waals surface area contributed by atoms with E-state index in [9.17, 15) is 10.1 Å². The fourth-order valence-corrected chi connectivity index (χ4v) is 5.20. The van der Waals surface area contributed by atoms with Crippen LogP contribution in [0.3, 0.4) is 0 Å². The molecule has 28 heavy (non-hydrogen) atoms. The lowest BCUT2D eigenvalue weighted by molar-refractivity contribution is 0.0141. The van der Waals surface area contributed by atoms with Gasteiger partial charge in [0.2, 0.25) is 0 Å². The van der Waals surface area contributed by atoms with Gasteiger partial charge in [0.05, 0.1) is 23.5 Å². The van der Waals surface area contributed by atoms with Gasteiger partial charge in [0.25, 0.3) is 5.91 Å². The van der Waals surface area contributed by atoms with E-state index in [-0.39, 0.29) is 23.5 Å². The van der Waals surface area contributed by atoms with Crippen LogP contribution in [-0.4, -0.2) is 42.2 Å². The van der Waals surface area contributed by atoms with E-state index in [4.69, 9.17) is 9.15 Å². The molecule has 0 aromatic carbocycles. The number of amides is 1. The molecule has 3 fully saturated rings. The van der Waals surface area contributed by atoms with Crippen molar-refractivity contribution in [3.8, 4) is 6.07 Å². The van der Waals surface area contributed by atoms with Crippen molar-refractivity contribution in [2.75, 3.05) is 24.5 Å². The zero-order valence-electron chi connectivity index (χ0n) is 15.7. The van der Waals surface area contributed by atoms with Gasteiger partial charge in [0.1, 0.15) is 11.9 Å². The molecule has 2 bridgehead atoms. The molecular formula is C21H22N4O3. The number of nitriles is 1. The van der Waals surface area contributed by atoms with Crippen molar-refractivity contribution in [2.24, 2.45) is 11.8 Å². The lowest BCUT2D eigenvalue weighted by atomic mass is 9.73. The highest BCUT2D eigenvalue weighted by atomic mass is 16.5. The molecule has 7 nitrogen and oxygen atoms in total. The molecule has 0 unspecified atom stereocenters. The number of furan rings is 1. The molecule has 1 N–H and O–H groups in total. The predicted molar refractivity (Wildman–Crippen MR) is 101 cm³/mol. The minimum atomic E-state index is -0.192. The monoisotopic (exact) mass is 378 g/mol. The van der Waals surface area contributed by atoms with Crippen LogP contribution in [-0.2, 0) is 4.74 Å². The third-order valence-electron chi connectivity index (χ3n) is 6.46. The molecule has 144 valence electrons. The van der Waals surface area contributed by atoms with Crippen molar-refractivity contribution in [3.63, 3.8) is 0 Å². The Kier molecular flexibility index (Phi) is 3.91. The molecule has 0 saturated carbocycles. The Bertz CT molecular complexity index is 951. The number of carbonyl (C=O) groups is 1. The van der Waals surface area contributed by atoms with E-state index in [2.05, 4.69) is 21.3 Å². The van der Waals surface area contributed by atoms with Crippen LogP contribution in [0.4, 0.5) is 5.82 Å². The van der Waals surface area contributed by atoms with Crippen LogP contribution >= 0.6 is 0 Å². The molecule has 3 saturated heterocycles. The van der Waals surface area contributed by atoms with Crippen molar-refractivity contribution in [1.82, 2.24) is 10.3 Å². The Morgan fingerprint density at radius 2 is 2.36 bits per heavy atom. The number of nitrogens with zero attached hydrogens (tertiary/aromatic N) is 3. The molecule has 2 aromatic rings. The summed E-state index contributed by atoms with van der Waals surface area (Å²) in [5.41, 5.74) is 1.30. The molecule has 5 heterocycles. The standard InChI is InChI=1S/C21H22N4O3/c1-13-4-5-14(9-22)19(24-13)25-11-16-15(17-6-7-21(16,12-25)28-17)10-23-20(26)18-3-2-8-27-18/h2-5,8,15-17H,6-7,10-12H2,1H3,(H,23,26)/t15-,16+,17+,21+/m0/s1. The van der Waals surface area contributed by atoms with Gasteiger partial charge >= 0.3 is 0 Å².